The molecule has 1 amide bonds. The van der Waals surface area contributed by atoms with Crippen molar-refractivity contribution in [3.05, 3.63) is 35.4 Å². The quantitative estimate of drug-likeness (QED) is 0.732. The van der Waals surface area contributed by atoms with Gasteiger partial charge >= 0.3 is 0 Å². The van der Waals surface area contributed by atoms with E-state index < -0.39 is 21.7 Å². The first-order valence-corrected chi connectivity index (χ1v) is 12.3. The first-order chi connectivity index (χ1) is 14.1. The van der Waals surface area contributed by atoms with Crippen molar-refractivity contribution in [3.8, 4) is 0 Å². The largest absolute Gasteiger partial charge is 0.376 e. The molecule has 1 aromatic carbocycles. The standard InChI is InChI=1S/C21H30F2N2O4S/c1-14(26)25-11-3-4-20(24-30(2,27)28)21(25)13-29-17-8-5-15(6-9-17)16-7-10-18(22)19(23)12-16/h7,10,12,15,17,20-21,24H,3-6,8-9,11,13H2,1-2H3/t15?,17?,20-,21-/m0/s1. The predicted octanol–water partition coefficient (Wildman–Crippen LogP) is 2.94. The maximum atomic E-state index is 13.5. The highest BCUT2D eigenvalue weighted by atomic mass is 32.2. The van der Waals surface area contributed by atoms with Gasteiger partial charge in [0.1, 0.15) is 0 Å². The van der Waals surface area contributed by atoms with Crippen molar-refractivity contribution < 1.29 is 26.7 Å². The minimum absolute atomic E-state index is 0.00108. The Morgan fingerprint density at radius 3 is 2.47 bits per heavy atom. The minimum Gasteiger partial charge on any atom is -0.376 e. The minimum atomic E-state index is -3.39. The topological polar surface area (TPSA) is 75.7 Å². The monoisotopic (exact) mass is 444 g/mol. The molecule has 3 rings (SSSR count). The Kier molecular flexibility index (Phi) is 7.47. The van der Waals surface area contributed by atoms with Gasteiger partial charge in [-0.05, 0) is 62.1 Å². The van der Waals surface area contributed by atoms with E-state index in [1.54, 1.807) is 11.0 Å². The van der Waals surface area contributed by atoms with Gasteiger partial charge in [-0.1, -0.05) is 6.07 Å². The van der Waals surface area contributed by atoms with E-state index in [9.17, 15) is 22.0 Å². The fraction of sp³-hybridized carbons (Fsp3) is 0.667. The summed E-state index contributed by atoms with van der Waals surface area (Å²) in [4.78, 5) is 13.8. The van der Waals surface area contributed by atoms with Gasteiger partial charge in [0.2, 0.25) is 15.9 Å². The number of halogens is 2. The van der Waals surface area contributed by atoms with Gasteiger partial charge in [-0.25, -0.2) is 21.9 Å². The van der Waals surface area contributed by atoms with Crippen molar-refractivity contribution in [1.29, 1.82) is 0 Å². The fourth-order valence-electron chi connectivity index (χ4n) is 4.63. The summed E-state index contributed by atoms with van der Waals surface area (Å²) in [6.07, 6.45) is 5.69. The van der Waals surface area contributed by atoms with Gasteiger partial charge in [-0.3, -0.25) is 4.79 Å². The first-order valence-electron chi connectivity index (χ1n) is 10.4. The lowest BCUT2D eigenvalue weighted by atomic mass is 9.82. The normalized spacial score (nSPS) is 27.8. The third-order valence-corrected chi connectivity index (χ3v) is 6.87. The predicted molar refractivity (Wildman–Crippen MR) is 109 cm³/mol. The SMILES string of the molecule is CC(=O)N1CCC[C@H](NS(C)(=O)=O)[C@@H]1COC1CCC(c2ccc(F)c(F)c2)CC1. The Morgan fingerprint density at radius 2 is 1.87 bits per heavy atom. The number of carbonyl (C=O) groups is 1. The van der Waals surface area contributed by atoms with Crippen LogP contribution in [0.2, 0.25) is 0 Å². The zero-order valence-electron chi connectivity index (χ0n) is 17.4. The summed E-state index contributed by atoms with van der Waals surface area (Å²) in [5, 5.41) is 0. The maximum absolute atomic E-state index is 13.5. The Bertz CT molecular complexity index is 857. The molecule has 6 nitrogen and oxygen atoms in total. The number of likely N-dealkylation sites (tertiary alicyclic amines) is 1. The highest BCUT2D eigenvalue weighted by Gasteiger charge is 2.35. The van der Waals surface area contributed by atoms with E-state index in [1.165, 1.54) is 19.1 Å². The van der Waals surface area contributed by atoms with E-state index in [0.717, 1.165) is 43.9 Å². The van der Waals surface area contributed by atoms with Crippen LogP contribution < -0.4 is 4.72 Å². The molecule has 2 aliphatic rings. The van der Waals surface area contributed by atoms with Crippen LogP contribution in [0.1, 0.15) is 56.9 Å². The first kappa shape index (κ1) is 23.1. The Hall–Kier alpha value is -1.58. The summed E-state index contributed by atoms with van der Waals surface area (Å²) in [6, 6.07) is 3.38. The molecular weight excluding hydrogens is 414 g/mol. The molecule has 1 saturated heterocycles. The molecular formula is C21H30F2N2O4S. The van der Waals surface area contributed by atoms with E-state index in [0.29, 0.717) is 13.0 Å². The van der Waals surface area contributed by atoms with Crippen LogP contribution in [-0.2, 0) is 19.6 Å². The van der Waals surface area contributed by atoms with E-state index in [2.05, 4.69) is 4.72 Å². The van der Waals surface area contributed by atoms with Crippen molar-refractivity contribution >= 4 is 15.9 Å². The molecule has 30 heavy (non-hydrogen) atoms. The molecule has 9 heteroatoms. The molecule has 1 aliphatic carbocycles. The zero-order chi connectivity index (χ0) is 21.9. The Morgan fingerprint density at radius 1 is 1.17 bits per heavy atom. The maximum Gasteiger partial charge on any atom is 0.219 e. The van der Waals surface area contributed by atoms with Crippen molar-refractivity contribution in [1.82, 2.24) is 9.62 Å². The third kappa shape index (κ3) is 5.98. The number of carbonyl (C=O) groups excluding carboxylic acids is 1. The number of hydrogen-bond donors (Lipinski definition) is 1. The molecule has 1 saturated carbocycles. The molecule has 0 aromatic heterocycles. The van der Waals surface area contributed by atoms with Crippen LogP contribution in [0.15, 0.2) is 18.2 Å². The van der Waals surface area contributed by atoms with E-state index in [-0.39, 0.29) is 36.6 Å². The van der Waals surface area contributed by atoms with Crippen LogP contribution in [0.4, 0.5) is 8.78 Å². The van der Waals surface area contributed by atoms with Gasteiger partial charge in [-0.2, -0.15) is 0 Å². The molecule has 0 radical (unpaired) electrons. The summed E-state index contributed by atoms with van der Waals surface area (Å²) in [6.45, 7) is 2.35. The third-order valence-electron chi connectivity index (χ3n) is 6.14. The summed E-state index contributed by atoms with van der Waals surface area (Å²) in [5.74, 6) is -1.58. The number of nitrogens with zero attached hydrogens (tertiary/aromatic N) is 1. The summed E-state index contributed by atoms with van der Waals surface area (Å²) in [7, 11) is -3.39. The van der Waals surface area contributed by atoms with Crippen molar-refractivity contribution in [2.24, 2.45) is 0 Å². The van der Waals surface area contributed by atoms with Crippen LogP contribution in [0, 0.1) is 11.6 Å². The van der Waals surface area contributed by atoms with Crippen LogP contribution in [0.5, 0.6) is 0 Å². The van der Waals surface area contributed by atoms with Gasteiger partial charge in [0.05, 0.1) is 25.0 Å². The van der Waals surface area contributed by atoms with Crippen LogP contribution in [0.25, 0.3) is 0 Å². The average Bonchev–Trinajstić information content (AvgIpc) is 2.68. The second-order valence-corrected chi connectivity index (χ2v) is 10.2. The lowest BCUT2D eigenvalue weighted by Gasteiger charge is -2.41. The molecule has 1 heterocycles. The van der Waals surface area contributed by atoms with Gasteiger partial charge in [0, 0.05) is 19.5 Å². The molecule has 1 aromatic rings. The number of amides is 1. The molecule has 1 aliphatic heterocycles. The number of nitrogens with one attached hydrogen (secondary N) is 1. The molecule has 0 spiro atoms. The lowest BCUT2D eigenvalue weighted by molar-refractivity contribution is -0.136. The molecule has 2 atom stereocenters. The molecule has 168 valence electrons. The molecule has 2 fully saturated rings. The van der Waals surface area contributed by atoms with Crippen molar-refractivity contribution in [2.45, 2.75) is 69.6 Å². The van der Waals surface area contributed by atoms with E-state index in [4.69, 9.17) is 4.74 Å². The number of sulfonamides is 1. The number of piperidine rings is 1. The van der Waals surface area contributed by atoms with Crippen LogP contribution in [0.3, 0.4) is 0 Å². The zero-order valence-corrected chi connectivity index (χ0v) is 18.3. The lowest BCUT2D eigenvalue weighted by Crippen LogP contribution is -2.58. The van der Waals surface area contributed by atoms with E-state index >= 15 is 0 Å². The fourth-order valence-corrected chi connectivity index (χ4v) is 5.46. The summed E-state index contributed by atoms with van der Waals surface area (Å²) < 4.78 is 58.9. The van der Waals surface area contributed by atoms with Crippen molar-refractivity contribution in [3.63, 3.8) is 0 Å². The highest BCUT2D eigenvalue weighted by Crippen LogP contribution is 2.35. The molecule has 0 bridgehead atoms. The van der Waals surface area contributed by atoms with Gasteiger partial charge in [0.15, 0.2) is 11.6 Å². The number of rotatable bonds is 6. The average molecular weight is 445 g/mol. The molecule has 0 unspecified atom stereocenters. The van der Waals surface area contributed by atoms with Crippen LogP contribution >= 0.6 is 0 Å². The van der Waals surface area contributed by atoms with Gasteiger partial charge in [-0.15, -0.1) is 0 Å². The smallest absolute Gasteiger partial charge is 0.219 e. The van der Waals surface area contributed by atoms with Crippen LogP contribution in [-0.4, -0.2) is 56.8 Å². The number of benzene rings is 1. The Labute approximate surface area is 177 Å². The second kappa shape index (κ2) is 9.70. The van der Waals surface area contributed by atoms with Crippen molar-refractivity contribution in [2.75, 3.05) is 19.4 Å². The summed E-state index contributed by atoms with van der Waals surface area (Å²) >= 11 is 0. The van der Waals surface area contributed by atoms with E-state index in [1.807, 2.05) is 0 Å². The second-order valence-electron chi connectivity index (χ2n) is 8.40. The molecule has 1 N–H and O–H groups in total. The Balaban J connectivity index is 1.57. The summed E-state index contributed by atoms with van der Waals surface area (Å²) in [5.41, 5.74) is 0.805. The highest BCUT2D eigenvalue weighted by molar-refractivity contribution is 7.88. The van der Waals surface area contributed by atoms with Gasteiger partial charge < -0.3 is 9.64 Å². The number of hydrogen-bond acceptors (Lipinski definition) is 4. The number of ether oxygens (including phenoxy) is 1. The van der Waals surface area contributed by atoms with Gasteiger partial charge in [0.25, 0.3) is 0 Å².